The van der Waals surface area contributed by atoms with Gasteiger partial charge in [-0.3, -0.25) is 14.6 Å². The Balaban J connectivity index is 0.00000529. The molecule has 0 atom stereocenters. The number of methoxy groups -OCH3 is 2. The van der Waals surface area contributed by atoms with Crippen LogP contribution >= 0.6 is 12.4 Å². The fourth-order valence-electron chi connectivity index (χ4n) is 4.89. The number of nitrogens with zero attached hydrogens (tertiary/aromatic N) is 4. The molecule has 1 aromatic heterocycles. The Labute approximate surface area is 264 Å². The Morgan fingerprint density at radius 2 is 1.34 bits per heavy atom. The standard InChI is InChI=1S/C33H38N4O6.ClH/c1-5-7-9-29-34-20-27(36(29)21-23-10-14-25(15-11-23)31(39)42-3)19-28-30(38)35(18-8-6-2)33(41)37(28)22-24-12-16-26(17-13-24)32(40)43-4;/h10-17,19-20H,5-9,18,21-22H2,1-4H3;1H. The van der Waals surface area contributed by atoms with Gasteiger partial charge in [-0.05, 0) is 54.3 Å². The number of carbonyl (C=O) groups excluding carboxylic acids is 4. The average molecular weight is 623 g/mol. The molecule has 4 rings (SSSR count). The van der Waals surface area contributed by atoms with E-state index in [9.17, 15) is 19.2 Å². The molecule has 0 aliphatic carbocycles. The molecule has 0 spiro atoms. The molecule has 10 nitrogen and oxygen atoms in total. The maximum absolute atomic E-state index is 13.6. The number of imide groups is 1. The van der Waals surface area contributed by atoms with Crippen LogP contribution in [0, 0.1) is 0 Å². The van der Waals surface area contributed by atoms with E-state index in [-0.39, 0.29) is 36.6 Å². The third-order valence-corrected chi connectivity index (χ3v) is 7.39. The first-order valence-corrected chi connectivity index (χ1v) is 14.5. The van der Waals surface area contributed by atoms with Crippen molar-refractivity contribution in [2.75, 3.05) is 20.8 Å². The second-order valence-electron chi connectivity index (χ2n) is 10.4. The molecule has 1 aliphatic heterocycles. The Morgan fingerprint density at radius 3 is 1.86 bits per heavy atom. The Bertz CT molecular complexity index is 1500. The van der Waals surface area contributed by atoms with E-state index in [1.54, 1.807) is 48.7 Å². The van der Waals surface area contributed by atoms with Crippen molar-refractivity contribution in [1.29, 1.82) is 0 Å². The van der Waals surface area contributed by atoms with Gasteiger partial charge in [-0.15, -0.1) is 12.4 Å². The van der Waals surface area contributed by atoms with Crippen molar-refractivity contribution in [2.45, 2.75) is 59.0 Å². The van der Waals surface area contributed by atoms with E-state index < -0.39 is 11.9 Å². The Hall–Kier alpha value is -4.44. The highest BCUT2D eigenvalue weighted by Gasteiger charge is 2.40. The Kier molecular flexibility index (Phi) is 12.3. The van der Waals surface area contributed by atoms with Gasteiger partial charge in [0.2, 0.25) is 0 Å². The molecule has 11 heteroatoms. The van der Waals surface area contributed by atoms with Gasteiger partial charge >= 0.3 is 18.0 Å². The lowest BCUT2D eigenvalue weighted by Crippen LogP contribution is -2.33. The fraction of sp³-hybridized carbons (Fsp3) is 0.364. The number of carbonyl (C=O) groups is 4. The minimum absolute atomic E-state index is 0. The van der Waals surface area contributed by atoms with Crippen LogP contribution in [0.2, 0.25) is 0 Å². The fourth-order valence-corrected chi connectivity index (χ4v) is 4.89. The number of aromatic nitrogens is 2. The minimum Gasteiger partial charge on any atom is -0.465 e. The quantitative estimate of drug-likeness (QED) is 0.133. The van der Waals surface area contributed by atoms with Crippen molar-refractivity contribution >= 4 is 42.4 Å². The van der Waals surface area contributed by atoms with Gasteiger partial charge < -0.3 is 14.0 Å². The van der Waals surface area contributed by atoms with Crippen LogP contribution < -0.4 is 0 Å². The smallest absolute Gasteiger partial charge is 0.337 e. The van der Waals surface area contributed by atoms with Gasteiger partial charge in [-0.25, -0.2) is 19.4 Å². The number of imidazole rings is 1. The number of benzene rings is 2. The number of ether oxygens (including phenoxy) is 2. The summed E-state index contributed by atoms with van der Waals surface area (Å²) in [5, 5.41) is 0. The van der Waals surface area contributed by atoms with Crippen LogP contribution in [0.1, 0.15) is 82.9 Å². The summed E-state index contributed by atoms with van der Waals surface area (Å²) in [5.74, 6) is -0.331. The molecule has 3 aromatic rings. The van der Waals surface area contributed by atoms with Crippen LogP contribution in [0.3, 0.4) is 0 Å². The van der Waals surface area contributed by atoms with E-state index in [1.807, 2.05) is 23.6 Å². The van der Waals surface area contributed by atoms with Gasteiger partial charge in [0.05, 0.1) is 43.8 Å². The summed E-state index contributed by atoms with van der Waals surface area (Å²) < 4.78 is 11.6. The largest absolute Gasteiger partial charge is 0.465 e. The van der Waals surface area contributed by atoms with Crippen molar-refractivity contribution < 1.29 is 28.7 Å². The molecule has 2 aromatic carbocycles. The Morgan fingerprint density at radius 1 is 0.795 bits per heavy atom. The van der Waals surface area contributed by atoms with Crippen molar-refractivity contribution in [3.63, 3.8) is 0 Å². The lowest BCUT2D eigenvalue weighted by Gasteiger charge is -2.18. The molecule has 0 unspecified atom stereocenters. The van der Waals surface area contributed by atoms with E-state index in [4.69, 9.17) is 9.47 Å². The van der Waals surface area contributed by atoms with E-state index in [0.29, 0.717) is 36.3 Å². The normalized spacial score (nSPS) is 13.8. The lowest BCUT2D eigenvalue weighted by atomic mass is 10.1. The first kappa shape index (κ1) is 34.1. The summed E-state index contributed by atoms with van der Waals surface area (Å²) in [6, 6.07) is 13.6. The molecule has 3 amide bonds. The third-order valence-electron chi connectivity index (χ3n) is 7.39. The predicted octanol–water partition coefficient (Wildman–Crippen LogP) is 5.87. The number of urea groups is 1. The van der Waals surface area contributed by atoms with Crippen molar-refractivity contribution in [3.8, 4) is 0 Å². The van der Waals surface area contributed by atoms with Crippen LogP contribution in [-0.4, -0.2) is 64.0 Å². The summed E-state index contributed by atoms with van der Waals surface area (Å²) >= 11 is 0. The summed E-state index contributed by atoms with van der Waals surface area (Å²) in [6.45, 7) is 5.08. The number of amides is 3. The number of hydrogen-bond acceptors (Lipinski definition) is 7. The molecule has 1 aliphatic rings. The highest BCUT2D eigenvalue weighted by atomic mass is 35.5. The topological polar surface area (TPSA) is 111 Å². The number of aryl methyl sites for hydroxylation is 1. The minimum atomic E-state index is -0.447. The zero-order valence-electron chi connectivity index (χ0n) is 25.6. The van der Waals surface area contributed by atoms with Crippen LogP contribution in [0.15, 0.2) is 60.4 Å². The van der Waals surface area contributed by atoms with Gasteiger partial charge in [-0.1, -0.05) is 51.0 Å². The molecule has 1 fully saturated rings. The monoisotopic (exact) mass is 622 g/mol. The zero-order chi connectivity index (χ0) is 30.9. The highest BCUT2D eigenvalue weighted by molar-refractivity contribution is 6.13. The number of rotatable bonds is 13. The van der Waals surface area contributed by atoms with Gasteiger partial charge in [0, 0.05) is 19.5 Å². The van der Waals surface area contributed by atoms with Crippen molar-refractivity contribution in [2.24, 2.45) is 0 Å². The third kappa shape index (κ3) is 7.74. The molecule has 0 N–H and O–H groups in total. The second kappa shape index (κ2) is 15.9. The number of esters is 2. The lowest BCUT2D eigenvalue weighted by molar-refractivity contribution is -0.123. The van der Waals surface area contributed by atoms with Gasteiger partial charge in [0.15, 0.2) is 0 Å². The summed E-state index contributed by atoms with van der Waals surface area (Å²) in [6.07, 6.45) is 7.71. The van der Waals surface area contributed by atoms with Gasteiger partial charge in [0.1, 0.15) is 11.5 Å². The molecule has 0 saturated carbocycles. The maximum Gasteiger partial charge on any atom is 0.337 e. The highest BCUT2D eigenvalue weighted by Crippen LogP contribution is 2.27. The average Bonchev–Trinajstić information content (AvgIpc) is 3.50. The zero-order valence-corrected chi connectivity index (χ0v) is 26.4. The first-order valence-electron chi connectivity index (χ1n) is 14.5. The summed E-state index contributed by atoms with van der Waals surface area (Å²) in [5.41, 5.74) is 3.54. The van der Waals surface area contributed by atoms with Crippen molar-refractivity contribution in [1.82, 2.24) is 19.4 Å². The van der Waals surface area contributed by atoms with E-state index in [0.717, 1.165) is 42.6 Å². The van der Waals surface area contributed by atoms with Crippen LogP contribution in [0.5, 0.6) is 0 Å². The summed E-state index contributed by atoms with van der Waals surface area (Å²) in [7, 11) is 2.67. The molecule has 234 valence electrons. The molecule has 0 bridgehead atoms. The molecular formula is C33H39ClN4O6. The molecule has 44 heavy (non-hydrogen) atoms. The van der Waals surface area contributed by atoms with Gasteiger partial charge in [-0.2, -0.15) is 0 Å². The number of unbranched alkanes of at least 4 members (excludes halogenated alkanes) is 2. The number of halogens is 1. The number of hydrogen-bond donors (Lipinski definition) is 0. The first-order chi connectivity index (χ1) is 20.8. The molecule has 2 heterocycles. The van der Waals surface area contributed by atoms with E-state index in [1.165, 1.54) is 24.0 Å². The molecule has 0 radical (unpaired) electrons. The van der Waals surface area contributed by atoms with Gasteiger partial charge in [0.25, 0.3) is 5.91 Å². The molecular weight excluding hydrogens is 584 g/mol. The molecule has 1 saturated heterocycles. The van der Waals surface area contributed by atoms with E-state index >= 15 is 0 Å². The SMILES string of the molecule is CCCCc1ncc(C=C2C(=O)N(CCCC)C(=O)N2Cc2ccc(C(=O)OC)cc2)n1Cc1ccc(C(=O)OC)cc1.Cl. The van der Waals surface area contributed by atoms with Crippen molar-refractivity contribution in [3.05, 3.63) is 94.2 Å². The summed E-state index contributed by atoms with van der Waals surface area (Å²) in [4.78, 5) is 58.4. The van der Waals surface area contributed by atoms with Crippen LogP contribution in [0.4, 0.5) is 4.79 Å². The van der Waals surface area contributed by atoms with E-state index in [2.05, 4.69) is 11.9 Å². The van der Waals surface area contributed by atoms with Crippen LogP contribution in [0.25, 0.3) is 6.08 Å². The maximum atomic E-state index is 13.6. The van der Waals surface area contributed by atoms with Crippen LogP contribution in [-0.2, 0) is 33.8 Å². The second-order valence-corrected chi connectivity index (χ2v) is 10.4. The predicted molar refractivity (Wildman–Crippen MR) is 168 cm³/mol.